The van der Waals surface area contributed by atoms with Gasteiger partial charge in [0.2, 0.25) is 5.91 Å². The van der Waals surface area contributed by atoms with Gasteiger partial charge in [-0.25, -0.2) is 4.79 Å². The van der Waals surface area contributed by atoms with Crippen molar-refractivity contribution in [2.75, 3.05) is 46.4 Å². The van der Waals surface area contributed by atoms with Crippen molar-refractivity contribution in [2.45, 2.75) is 13.0 Å². The summed E-state index contributed by atoms with van der Waals surface area (Å²) >= 11 is 0. The van der Waals surface area contributed by atoms with E-state index in [1.165, 1.54) is 7.11 Å². The summed E-state index contributed by atoms with van der Waals surface area (Å²) in [5.74, 6) is 0.787. The highest BCUT2D eigenvalue weighted by molar-refractivity contribution is 5.85. The van der Waals surface area contributed by atoms with E-state index < -0.39 is 12.1 Å². The number of hydrogen-bond donors (Lipinski definition) is 1. The minimum absolute atomic E-state index is 0.0828. The van der Waals surface area contributed by atoms with Crippen molar-refractivity contribution in [3.63, 3.8) is 0 Å². The van der Waals surface area contributed by atoms with Crippen LogP contribution in [0.25, 0.3) is 0 Å². The van der Waals surface area contributed by atoms with E-state index in [4.69, 9.17) is 4.74 Å². The van der Waals surface area contributed by atoms with Crippen molar-refractivity contribution in [3.8, 4) is 5.75 Å². The van der Waals surface area contributed by atoms with Crippen LogP contribution in [0.5, 0.6) is 5.75 Å². The zero-order valence-corrected chi connectivity index (χ0v) is 14.2. The second kappa shape index (κ2) is 9.12. The molecule has 0 aromatic heterocycles. The summed E-state index contributed by atoms with van der Waals surface area (Å²) in [6.45, 7) is 6.02. The second-order valence-corrected chi connectivity index (χ2v) is 5.69. The monoisotopic (exact) mass is 335 g/mol. The molecule has 0 aliphatic carbocycles. The van der Waals surface area contributed by atoms with E-state index >= 15 is 0 Å². The van der Waals surface area contributed by atoms with Crippen LogP contribution in [0.4, 0.5) is 4.79 Å². The number of carbonyl (C=O) groups excluding carboxylic acids is 2. The lowest BCUT2D eigenvalue weighted by Gasteiger charge is -2.35. The molecule has 1 fully saturated rings. The van der Waals surface area contributed by atoms with Crippen LogP contribution in [0.2, 0.25) is 0 Å². The van der Waals surface area contributed by atoms with E-state index in [9.17, 15) is 9.59 Å². The van der Waals surface area contributed by atoms with Crippen LogP contribution in [-0.2, 0) is 9.53 Å². The Balaban J connectivity index is 1.67. The molecule has 132 valence electrons. The van der Waals surface area contributed by atoms with Gasteiger partial charge in [0.25, 0.3) is 0 Å². The second-order valence-electron chi connectivity index (χ2n) is 5.69. The fraction of sp³-hybridized carbons (Fsp3) is 0.529. The van der Waals surface area contributed by atoms with Crippen molar-refractivity contribution in [1.29, 1.82) is 0 Å². The number of para-hydroxylation sites is 1. The number of nitrogens with zero attached hydrogens (tertiary/aromatic N) is 2. The van der Waals surface area contributed by atoms with Crippen LogP contribution in [0.3, 0.4) is 0 Å². The molecule has 2 rings (SSSR count). The zero-order chi connectivity index (χ0) is 17.4. The summed E-state index contributed by atoms with van der Waals surface area (Å²) < 4.78 is 10.2. The van der Waals surface area contributed by atoms with Crippen molar-refractivity contribution in [2.24, 2.45) is 0 Å². The molecule has 0 spiro atoms. The minimum atomic E-state index is -0.590. The van der Waals surface area contributed by atoms with E-state index in [1.807, 2.05) is 30.3 Å². The van der Waals surface area contributed by atoms with E-state index in [2.05, 4.69) is 15.0 Å². The number of benzene rings is 1. The number of hydrogen-bond acceptors (Lipinski definition) is 5. The first-order valence-corrected chi connectivity index (χ1v) is 8.13. The van der Waals surface area contributed by atoms with Gasteiger partial charge in [0, 0.05) is 32.7 Å². The average molecular weight is 335 g/mol. The first kappa shape index (κ1) is 18.1. The Kier molecular flexibility index (Phi) is 6.87. The number of methoxy groups -OCH3 is 1. The predicted molar refractivity (Wildman–Crippen MR) is 90.0 cm³/mol. The molecule has 1 aliphatic heterocycles. The molecular formula is C17H25N3O4. The quantitative estimate of drug-likeness (QED) is 0.838. The van der Waals surface area contributed by atoms with Gasteiger partial charge in [-0.15, -0.1) is 0 Å². The van der Waals surface area contributed by atoms with Crippen LogP contribution in [0.15, 0.2) is 30.3 Å². The summed E-state index contributed by atoms with van der Waals surface area (Å²) in [4.78, 5) is 27.5. The van der Waals surface area contributed by atoms with Gasteiger partial charge in [0.15, 0.2) is 0 Å². The number of rotatable bonds is 6. The molecule has 2 amide bonds. The maximum atomic E-state index is 12.3. The van der Waals surface area contributed by atoms with E-state index in [1.54, 1.807) is 11.8 Å². The molecule has 24 heavy (non-hydrogen) atoms. The highest BCUT2D eigenvalue weighted by Gasteiger charge is 2.25. The summed E-state index contributed by atoms with van der Waals surface area (Å²) in [7, 11) is 1.28. The van der Waals surface area contributed by atoms with Crippen LogP contribution in [0, 0.1) is 0 Å². The Labute approximate surface area is 142 Å². The SMILES string of the molecule is COC(=O)N[C@@H](C)C(=O)N1CCN(CCOc2ccccc2)CC1. The standard InChI is InChI=1S/C17H25N3O4/c1-14(18-17(22)23-2)16(21)20-10-8-19(9-11-20)12-13-24-15-6-4-3-5-7-15/h3-7,14H,8-13H2,1-2H3,(H,18,22)/t14-/m0/s1. The van der Waals surface area contributed by atoms with Gasteiger partial charge in [-0.1, -0.05) is 18.2 Å². The van der Waals surface area contributed by atoms with Gasteiger partial charge in [-0.3, -0.25) is 9.69 Å². The Bertz CT molecular complexity index is 530. The normalized spacial score (nSPS) is 16.3. The molecular weight excluding hydrogens is 310 g/mol. The first-order chi connectivity index (χ1) is 11.6. The Morgan fingerprint density at radius 3 is 2.46 bits per heavy atom. The van der Waals surface area contributed by atoms with Crippen LogP contribution >= 0.6 is 0 Å². The van der Waals surface area contributed by atoms with Gasteiger partial charge < -0.3 is 19.7 Å². The van der Waals surface area contributed by atoms with Crippen molar-refractivity contribution < 1.29 is 19.1 Å². The number of ether oxygens (including phenoxy) is 2. The first-order valence-electron chi connectivity index (χ1n) is 8.13. The predicted octanol–water partition coefficient (Wildman–Crippen LogP) is 0.954. The lowest BCUT2D eigenvalue weighted by atomic mass is 10.2. The molecule has 1 aliphatic rings. The molecule has 1 N–H and O–H groups in total. The number of piperazine rings is 1. The third-order valence-corrected chi connectivity index (χ3v) is 3.99. The third-order valence-electron chi connectivity index (χ3n) is 3.99. The molecule has 1 heterocycles. The summed E-state index contributed by atoms with van der Waals surface area (Å²) in [6.07, 6.45) is -0.590. The molecule has 7 nitrogen and oxygen atoms in total. The number of amides is 2. The largest absolute Gasteiger partial charge is 0.492 e. The Morgan fingerprint density at radius 2 is 1.83 bits per heavy atom. The highest BCUT2D eigenvalue weighted by Crippen LogP contribution is 2.09. The molecule has 0 bridgehead atoms. The van der Waals surface area contributed by atoms with Crippen molar-refractivity contribution >= 4 is 12.0 Å². The van der Waals surface area contributed by atoms with Crippen molar-refractivity contribution in [1.82, 2.24) is 15.1 Å². The molecule has 1 aromatic rings. The van der Waals surface area contributed by atoms with E-state index in [0.717, 1.165) is 25.4 Å². The number of alkyl carbamates (subject to hydrolysis) is 1. The van der Waals surface area contributed by atoms with Gasteiger partial charge in [-0.2, -0.15) is 0 Å². The smallest absolute Gasteiger partial charge is 0.407 e. The van der Waals surface area contributed by atoms with Gasteiger partial charge in [-0.05, 0) is 19.1 Å². The minimum Gasteiger partial charge on any atom is -0.492 e. The molecule has 7 heteroatoms. The molecule has 0 saturated carbocycles. The Morgan fingerprint density at radius 1 is 1.17 bits per heavy atom. The number of nitrogens with one attached hydrogen (secondary N) is 1. The molecule has 0 unspecified atom stereocenters. The van der Waals surface area contributed by atoms with Crippen LogP contribution in [-0.4, -0.2) is 74.3 Å². The van der Waals surface area contributed by atoms with E-state index in [0.29, 0.717) is 19.7 Å². The van der Waals surface area contributed by atoms with Crippen molar-refractivity contribution in [3.05, 3.63) is 30.3 Å². The van der Waals surface area contributed by atoms with Gasteiger partial charge in [0.1, 0.15) is 18.4 Å². The van der Waals surface area contributed by atoms with Gasteiger partial charge in [0.05, 0.1) is 7.11 Å². The maximum absolute atomic E-state index is 12.3. The maximum Gasteiger partial charge on any atom is 0.407 e. The fourth-order valence-electron chi connectivity index (χ4n) is 2.57. The fourth-order valence-corrected chi connectivity index (χ4v) is 2.57. The average Bonchev–Trinajstić information content (AvgIpc) is 2.62. The van der Waals surface area contributed by atoms with Crippen LogP contribution < -0.4 is 10.1 Å². The zero-order valence-electron chi connectivity index (χ0n) is 14.2. The lowest BCUT2D eigenvalue weighted by molar-refractivity contribution is -0.134. The summed E-state index contributed by atoms with van der Waals surface area (Å²) in [5, 5.41) is 2.50. The van der Waals surface area contributed by atoms with Gasteiger partial charge >= 0.3 is 6.09 Å². The van der Waals surface area contributed by atoms with Crippen LogP contribution in [0.1, 0.15) is 6.92 Å². The molecule has 0 radical (unpaired) electrons. The number of carbonyl (C=O) groups is 2. The van der Waals surface area contributed by atoms with E-state index in [-0.39, 0.29) is 5.91 Å². The lowest BCUT2D eigenvalue weighted by Crippen LogP contribution is -2.54. The third kappa shape index (κ3) is 5.42. The summed E-state index contributed by atoms with van der Waals surface area (Å²) in [6, 6.07) is 9.15. The molecule has 1 atom stereocenters. The highest BCUT2D eigenvalue weighted by atomic mass is 16.5. The summed E-state index contributed by atoms with van der Waals surface area (Å²) in [5.41, 5.74) is 0. The Hall–Kier alpha value is -2.28. The topological polar surface area (TPSA) is 71.1 Å². The molecule has 1 aromatic carbocycles. The molecule has 1 saturated heterocycles.